The maximum Gasteiger partial charge on any atom is 0.120 e. The molecular formula is C11H20N2O. The number of nitrogens with zero attached hydrogens (tertiary/aromatic N) is 1. The first kappa shape index (κ1) is 11.3. The van der Waals surface area contributed by atoms with E-state index in [-0.39, 0.29) is 0 Å². The van der Waals surface area contributed by atoms with E-state index in [1.54, 1.807) is 0 Å². The van der Waals surface area contributed by atoms with E-state index in [4.69, 9.17) is 10.2 Å². The van der Waals surface area contributed by atoms with Crippen LogP contribution in [0.15, 0.2) is 10.5 Å². The molecule has 0 aromatic carbocycles. The lowest BCUT2D eigenvalue weighted by Crippen LogP contribution is -2.17. The van der Waals surface area contributed by atoms with E-state index < -0.39 is 0 Å². The minimum Gasteiger partial charge on any atom is -0.463 e. The Balaban J connectivity index is 2.58. The van der Waals surface area contributed by atoms with E-state index in [9.17, 15) is 0 Å². The summed E-state index contributed by atoms with van der Waals surface area (Å²) in [4.78, 5) is 2.25. The molecular weight excluding hydrogens is 176 g/mol. The molecule has 0 aliphatic rings. The van der Waals surface area contributed by atoms with Crippen LogP contribution in [0.3, 0.4) is 0 Å². The molecule has 0 saturated heterocycles. The number of rotatable bonds is 5. The molecule has 3 heteroatoms. The quantitative estimate of drug-likeness (QED) is 0.782. The highest BCUT2D eigenvalue weighted by molar-refractivity contribution is 5.19. The van der Waals surface area contributed by atoms with E-state index in [0.29, 0.717) is 6.54 Å². The second kappa shape index (κ2) is 5.17. The molecule has 0 bridgehead atoms. The van der Waals surface area contributed by atoms with Crippen LogP contribution in [-0.4, -0.2) is 18.5 Å². The van der Waals surface area contributed by atoms with E-state index in [2.05, 4.69) is 24.9 Å². The van der Waals surface area contributed by atoms with Crippen molar-refractivity contribution in [2.24, 2.45) is 5.73 Å². The monoisotopic (exact) mass is 196 g/mol. The Morgan fingerprint density at radius 1 is 1.50 bits per heavy atom. The Morgan fingerprint density at radius 2 is 2.21 bits per heavy atom. The van der Waals surface area contributed by atoms with Crippen molar-refractivity contribution >= 4 is 0 Å². The lowest BCUT2D eigenvalue weighted by molar-refractivity contribution is 0.291. The average Bonchev–Trinajstić information content (AvgIpc) is 2.46. The van der Waals surface area contributed by atoms with Gasteiger partial charge in [-0.25, -0.2) is 0 Å². The van der Waals surface area contributed by atoms with Crippen LogP contribution in [0.25, 0.3) is 0 Å². The summed E-state index contributed by atoms with van der Waals surface area (Å²) in [6, 6.07) is 2.08. The fourth-order valence-electron chi connectivity index (χ4n) is 1.60. The van der Waals surface area contributed by atoms with Gasteiger partial charge in [0.15, 0.2) is 0 Å². The Bertz CT molecular complexity index is 281. The van der Waals surface area contributed by atoms with Gasteiger partial charge in [-0.1, -0.05) is 6.92 Å². The molecule has 0 unspecified atom stereocenters. The normalized spacial score (nSPS) is 11.2. The van der Waals surface area contributed by atoms with Gasteiger partial charge in [0.25, 0.3) is 0 Å². The first-order valence-corrected chi connectivity index (χ1v) is 5.14. The van der Waals surface area contributed by atoms with Gasteiger partial charge in [0.1, 0.15) is 11.5 Å². The van der Waals surface area contributed by atoms with Crippen LogP contribution in [0.1, 0.15) is 30.4 Å². The first-order chi connectivity index (χ1) is 6.67. The zero-order valence-corrected chi connectivity index (χ0v) is 9.34. The molecule has 0 spiro atoms. The van der Waals surface area contributed by atoms with Crippen LogP contribution in [0.5, 0.6) is 0 Å². The average molecular weight is 196 g/mol. The van der Waals surface area contributed by atoms with Crippen molar-refractivity contribution < 1.29 is 4.42 Å². The van der Waals surface area contributed by atoms with Gasteiger partial charge in [0.05, 0.1) is 13.1 Å². The highest BCUT2D eigenvalue weighted by Gasteiger charge is 2.07. The van der Waals surface area contributed by atoms with Gasteiger partial charge in [0, 0.05) is 0 Å². The van der Waals surface area contributed by atoms with Gasteiger partial charge in [0.2, 0.25) is 0 Å². The largest absolute Gasteiger partial charge is 0.463 e. The van der Waals surface area contributed by atoms with E-state index in [0.717, 1.165) is 30.2 Å². The molecule has 14 heavy (non-hydrogen) atoms. The van der Waals surface area contributed by atoms with Crippen molar-refractivity contribution in [3.05, 3.63) is 23.2 Å². The second-order valence-corrected chi connectivity index (χ2v) is 3.76. The molecule has 0 amide bonds. The van der Waals surface area contributed by atoms with Gasteiger partial charge < -0.3 is 10.2 Å². The minimum absolute atomic E-state index is 0.489. The Labute approximate surface area is 85.9 Å². The zero-order valence-electron chi connectivity index (χ0n) is 9.34. The minimum atomic E-state index is 0.489. The lowest BCUT2D eigenvalue weighted by Gasteiger charge is -2.12. The summed E-state index contributed by atoms with van der Waals surface area (Å²) in [6.45, 7) is 6.67. The predicted molar refractivity (Wildman–Crippen MR) is 58.0 cm³/mol. The molecule has 2 N–H and O–H groups in total. The molecule has 0 aliphatic carbocycles. The summed E-state index contributed by atoms with van der Waals surface area (Å²) < 4.78 is 5.61. The maximum atomic E-state index is 5.61. The summed E-state index contributed by atoms with van der Waals surface area (Å²) in [5.74, 6) is 1.92. The van der Waals surface area contributed by atoms with Crippen molar-refractivity contribution in [3.63, 3.8) is 0 Å². The number of furan rings is 1. The molecule has 0 radical (unpaired) electrons. The second-order valence-electron chi connectivity index (χ2n) is 3.76. The lowest BCUT2D eigenvalue weighted by atomic mass is 10.2. The van der Waals surface area contributed by atoms with Crippen LogP contribution in [0.4, 0.5) is 0 Å². The number of hydrogen-bond donors (Lipinski definition) is 1. The standard InChI is InChI=1S/C11H20N2O/c1-4-5-13(3)8-10-6-9(2)11(7-12)14-10/h6H,4-5,7-8,12H2,1-3H3. The number of aryl methyl sites for hydroxylation is 1. The van der Waals surface area contributed by atoms with Crippen LogP contribution in [0.2, 0.25) is 0 Å². The van der Waals surface area contributed by atoms with Crippen LogP contribution < -0.4 is 5.73 Å². The molecule has 1 heterocycles. The third kappa shape index (κ3) is 2.86. The van der Waals surface area contributed by atoms with Crippen molar-refractivity contribution in [3.8, 4) is 0 Å². The van der Waals surface area contributed by atoms with Crippen molar-refractivity contribution in [2.45, 2.75) is 33.4 Å². The number of hydrogen-bond acceptors (Lipinski definition) is 3. The van der Waals surface area contributed by atoms with Crippen LogP contribution in [0, 0.1) is 6.92 Å². The fourth-order valence-corrected chi connectivity index (χ4v) is 1.60. The van der Waals surface area contributed by atoms with Gasteiger partial charge in [-0.3, -0.25) is 4.90 Å². The van der Waals surface area contributed by atoms with E-state index in [1.807, 2.05) is 6.92 Å². The number of nitrogens with two attached hydrogens (primary N) is 1. The molecule has 1 rings (SSSR count). The third-order valence-corrected chi connectivity index (χ3v) is 2.29. The zero-order chi connectivity index (χ0) is 10.6. The fraction of sp³-hybridized carbons (Fsp3) is 0.636. The topological polar surface area (TPSA) is 42.4 Å². The van der Waals surface area contributed by atoms with E-state index >= 15 is 0 Å². The van der Waals surface area contributed by atoms with E-state index in [1.165, 1.54) is 6.42 Å². The van der Waals surface area contributed by atoms with Crippen LogP contribution in [-0.2, 0) is 13.1 Å². The summed E-state index contributed by atoms with van der Waals surface area (Å²) in [6.07, 6.45) is 1.17. The van der Waals surface area contributed by atoms with Crippen LogP contribution >= 0.6 is 0 Å². The molecule has 80 valence electrons. The van der Waals surface area contributed by atoms with Gasteiger partial charge >= 0.3 is 0 Å². The van der Waals surface area contributed by atoms with Gasteiger partial charge in [-0.15, -0.1) is 0 Å². The SMILES string of the molecule is CCCN(C)Cc1cc(C)c(CN)o1. The molecule has 0 saturated carbocycles. The first-order valence-electron chi connectivity index (χ1n) is 5.14. The van der Waals surface area contributed by atoms with Crippen molar-refractivity contribution in [2.75, 3.05) is 13.6 Å². The smallest absolute Gasteiger partial charge is 0.120 e. The summed E-state index contributed by atoms with van der Waals surface area (Å²) in [7, 11) is 2.10. The molecule has 0 aliphatic heterocycles. The third-order valence-electron chi connectivity index (χ3n) is 2.29. The highest BCUT2D eigenvalue weighted by Crippen LogP contribution is 2.15. The highest BCUT2D eigenvalue weighted by atomic mass is 16.3. The van der Waals surface area contributed by atoms with Gasteiger partial charge in [-0.05, 0) is 38.6 Å². The maximum absolute atomic E-state index is 5.61. The Hall–Kier alpha value is -0.800. The Morgan fingerprint density at radius 3 is 2.71 bits per heavy atom. The summed E-state index contributed by atoms with van der Waals surface area (Å²) in [5, 5.41) is 0. The van der Waals surface area contributed by atoms with Gasteiger partial charge in [-0.2, -0.15) is 0 Å². The molecule has 0 fully saturated rings. The summed E-state index contributed by atoms with van der Waals surface area (Å²) in [5.41, 5.74) is 6.71. The van der Waals surface area contributed by atoms with Crippen molar-refractivity contribution in [1.82, 2.24) is 4.90 Å². The molecule has 3 nitrogen and oxygen atoms in total. The molecule has 1 aromatic rings. The Kier molecular flexibility index (Phi) is 4.17. The van der Waals surface area contributed by atoms with Crippen molar-refractivity contribution in [1.29, 1.82) is 0 Å². The molecule has 0 atom stereocenters. The predicted octanol–water partition coefficient (Wildman–Crippen LogP) is 1.89. The summed E-state index contributed by atoms with van der Waals surface area (Å²) >= 11 is 0. The molecule has 1 aromatic heterocycles.